The molecule has 0 radical (unpaired) electrons. The average molecular weight is 282 g/mol. The van der Waals surface area contributed by atoms with Gasteiger partial charge in [-0.25, -0.2) is 4.79 Å². The maximum atomic E-state index is 11.2. The number of fused-ring (bicyclic) bond motifs is 1. The third kappa shape index (κ3) is 2.00. The molecule has 3 rings (SSSR count). The summed E-state index contributed by atoms with van der Waals surface area (Å²) in [6.07, 6.45) is 0. The molecule has 0 fully saturated rings. The van der Waals surface area contributed by atoms with E-state index in [1.165, 1.54) is 27.7 Å². The topological polar surface area (TPSA) is 37.3 Å². The van der Waals surface area contributed by atoms with Crippen LogP contribution in [0.2, 0.25) is 0 Å². The fourth-order valence-corrected chi connectivity index (χ4v) is 3.65. The zero-order valence-electron chi connectivity index (χ0n) is 11.3. The van der Waals surface area contributed by atoms with Gasteiger partial charge in [-0.05, 0) is 41.8 Å². The van der Waals surface area contributed by atoms with Crippen LogP contribution in [0.4, 0.5) is 0 Å². The number of carboxylic acid groups (broad SMARTS) is 1. The Balaban J connectivity index is 2.34. The van der Waals surface area contributed by atoms with E-state index in [0.717, 1.165) is 16.0 Å². The van der Waals surface area contributed by atoms with Crippen LogP contribution in [0.5, 0.6) is 0 Å². The lowest BCUT2D eigenvalue weighted by Gasteiger charge is -2.09. The standard InChI is InChI=1S/C17H14O2S/c1-10-7-8-12-5-3-4-6-13(12)15(10)16-11(2)9-14(20-16)17(18)19/h3-9H,1-2H3,(H,18,19). The Bertz CT molecular complexity index is 815. The van der Waals surface area contributed by atoms with Gasteiger partial charge in [-0.15, -0.1) is 11.3 Å². The summed E-state index contributed by atoms with van der Waals surface area (Å²) < 4.78 is 0. The van der Waals surface area contributed by atoms with Crippen molar-refractivity contribution in [3.63, 3.8) is 0 Å². The van der Waals surface area contributed by atoms with E-state index in [0.29, 0.717) is 4.88 Å². The fraction of sp³-hybridized carbons (Fsp3) is 0.118. The van der Waals surface area contributed by atoms with Gasteiger partial charge in [0.2, 0.25) is 0 Å². The smallest absolute Gasteiger partial charge is 0.345 e. The minimum atomic E-state index is -0.859. The van der Waals surface area contributed by atoms with Crippen molar-refractivity contribution in [2.75, 3.05) is 0 Å². The highest BCUT2D eigenvalue weighted by Crippen LogP contribution is 2.38. The molecule has 1 heterocycles. The van der Waals surface area contributed by atoms with Crippen molar-refractivity contribution in [3.8, 4) is 10.4 Å². The molecule has 0 saturated heterocycles. The van der Waals surface area contributed by atoms with Gasteiger partial charge in [0.15, 0.2) is 0 Å². The van der Waals surface area contributed by atoms with Gasteiger partial charge < -0.3 is 5.11 Å². The maximum Gasteiger partial charge on any atom is 0.345 e. The van der Waals surface area contributed by atoms with Crippen LogP contribution in [0.1, 0.15) is 20.8 Å². The predicted octanol–water partition coefficient (Wildman–Crippen LogP) is 4.88. The van der Waals surface area contributed by atoms with Gasteiger partial charge in [0.1, 0.15) is 4.88 Å². The van der Waals surface area contributed by atoms with Crippen molar-refractivity contribution in [1.29, 1.82) is 0 Å². The number of aryl methyl sites for hydroxylation is 2. The van der Waals surface area contributed by atoms with Gasteiger partial charge in [0.25, 0.3) is 0 Å². The van der Waals surface area contributed by atoms with E-state index in [1.807, 2.05) is 19.1 Å². The van der Waals surface area contributed by atoms with Crippen molar-refractivity contribution in [3.05, 3.63) is 58.5 Å². The third-order valence-electron chi connectivity index (χ3n) is 3.49. The van der Waals surface area contributed by atoms with Crippen LogP contribution in [0.15, 0.2) is 42.5 Å². The number of rotatable bonds is 2. The van der Waals surface area contributed by atoms with E-state index < -0.39 is 5.97 Å². The first kappa shape index (κ1) is 12.9. The number of carboxylic acids is 1. The number of benzene rings is 2. The first-order valence-corrected chi connectivity index (χ1v) is 7.22. The van der Waals surface area contributed by atoms with Gasteiger partial charge in [-0.3, -0.25) is 0 Å². The molecule has 1 aromatic heterocycles. The van der Waals surface area contributed by atoms with Crippen molar-refractivity contribution < 1.29 is 9.90 Å². The second-order valence-electron chi connectivity index (χ2n) is 4.91. The first-order valence-electron chi connectivity index (χ1n) is 6.40. The molecule has 0 unspecified atom stereocenters. The minimum absolute atomic E-state index is 0.393. The van der Waals surface area contributed by atoms with Crippen molar-refractivity contribution in [2.45, 2.75) is 13.8 Å². The first-order chi connectivity index (χ1) is 9.58. The molecule has 0 aliphatic heterocycles. The Hall–Kier alpha value is -2.13. The molecule has 2 aromatic carbocycles. The summed E-state index contributed by atoms with van der Waals surface area (Å²) in [6, 6.07) is 14.2. The molecule has 0 spiro atoms. The summed E-state index contributed by atoms with van der Waals surface area (Å²) in [5, 5.41) is 11.5. The van der Waals surface area contributed by atoms with Crippen molar-refractivity contribution >= 4 is 28.1 Å². The summed E-state index contributed by atoms with van der Waals surface area (Å²) in [5.41, 5.74) is 3.34. The number of thiophene rings is 1. The quantitative estimate of drug-likeness (QED) is 0.727. The van der Waals surface area contributed by atoms with Crippen LogP contribution in [0.25, 0.3) is 21.2 Å². The van der Waals surface area contributed by atoms with Gasteiger partial charge >= 0.3 is 5.97 Å². The minimum Gasteiger partial charge on any atom is -0.477 e. The summed E-state index contributed by atoms with van der Waals surface area (Å²) >= 11 is 1.35. The Morgan fingerprint density at radius 1 is 1.05 bits per heavy atom. The van der Waals surface area contributed by atoms with Crippen LogP contribution >= 0.6 is 11.3 Å². The van der Waals surface area contributed by atoms with Crippen LogP contribution in [0, 0.1) is 13.8 Å². The molecule has 100 valence electrons. The van der Waals surface area contributed by atoms with Crippen LogP contribution in [-0.4, -0.2) is 11.1 Å². The van der Waals surface area contributed by atoms with E-state index in [1.54, 1.807) is 6.07 Å². The molecule has 0 atom stereocenters. The number of hydrogen-bond acceptors (Lipinski definition) is 2. The molecule has 0 bridgehead atoms. The molecule has 20 heavy (non-hydrogen) atoms. The molecule has 0 aliphatic carbocycles. The largest absolute Gasteiger partial charge is 0.477 e. The number of carbonyl (C=O) groups is 1. The zero-order valence-corrected chi connectivity index (χ0v) is 12.1. The fourth-order valence-electron chi connectivity index (χ4n) is 2.52. The highest BCUT2D eigenvalue weighted by atomic mass is 32.1. The van der Waals surface area contributed by atoms with Gasteiger partial charge in [0, 0.05) is 10.4 Å². The molecule has 3 aromatic rings. The number of hydrogen-bond donors (Lipinski definition) is 1. The Morgan fingerprint density at radius 3 is 2.50 bits per heavy atom. The van der Waals surface area contributed by atoms with Crippen LogP contribution in [0.3, 0.4) is 0 Å². The van der Waals surface area contributed by atoms with Gasteiger partial charge in [-0.2, -0.15) is 0 Å². The molecule has 0 amide bonds. The van der Waals surface area contributed by atoms with E-state index >= 15 is 0 Å². The van der Waals surface area contributed by atoms with Crippen molar-refractivity contribution in [1.82, 2.24) is 0 Å². The second kappa shape index (κ2) is 4.76. The normalized spacial score (nSPS) is 10.9. The van der Waals surface area contributed by atoms with E-state index in [4.69, 9.17) is 5.11 Å². The molecular formula is C17H14O2S. The van der Waals surface area contributed by atoms with E-state index in [2.05, 4.69) is 31.2 Å². The van der Waals surface area contributed by atoms with Crippen LogP contribution in [-0.2, 0) is 0 Å². The van der Waals surface area contributed by atoms with Gasteiger partial charge in [0.05, 0.1) is 0 Å². The second-order valence-corrected chi connectivity index (χ2v) is 5.96. The zero-order chi connectivity index (χ0) is 14.3. The third-order valence-corrected chi connectivity index (χ3v) is 4.74. The summed E-state index contributed by atoms with van der Waals surface area (Å²) in [5.74, 6) is -0.859. The van der Waals surface area contributed by atoms with E-state index in [9.17, 15) is 4.79 Å². The molecule has 3 heteroatoms. The van der Waals surface area contributed by atoms with Gasteiger partial charge in [-0.1, -0.05) is 36.4 Å². The lowest BCUT2D eigenvalue weighted by atomic mass is 9.97. The highest BCUT2D eigenvalue weighted by molar-refractivity contribution is 7.17. The molecule has 0 saturated carbocycles. The lowest BCUT2D eigenvalue weighted by molar-refractivity contribution is 0.0702. The molecule has 0 aliphatic rings. The van der Waals surface area contributed by atoms with Crippen LogP contribution < -0.4 is 0 Å². The summed E-state index contributed by atoms with van der Waals surface area (Å²) in [7, 11) is 0. The predicted molar refractivity (Wildman–Crippen MR) is 83.7 cm³/mol. The van der Waals surface area contributed by atoms with Crippen molar-refractivity contribution in [2.24, 2.45) is 0 Å². The summed E-state index contributed by atoms with van der Waals surface area (Å²) in [4.78, 5) is 12.6. The highest BCUT2D eigenvalue weighted by Gasteiger charge is 2.16. The molecule has 1 N–H and O–H groups in total. The Morgan fingerprint density at radius 2 is 1.80 bits per heavy atom. The number of aromatic carboxylic acids is 1. The van der Waals surface area contributed by atoms with E-state index in [-0.39, 0.29) is 0 Å². The average Bonchev–Trinajstić information content (AvgIpc) is 2.81. The SMILES string of the molecule is Cc1cc(C(=O)O)sc1-c1c(C)ccc2ccccc12. The molecule has 2 nitrogen and oxygen atoms in total. The monoisotopic (exact) mass is 282 g/mol. The molecular weight excluding hydrogens is 268 g/mol. The maximum absolute atomic E-state index is 11.2. The Labute approximate surface area is 121 Å². The summed E-state index contributed by atoms with van der Waals surface area (Å²) in [6.45, 7) is 4.04. The lowest BCUT2D eigenvalue weighted by Crippen LogP contribution is -1.89. The Kier molecular flexibility index (Phi) is 3.07.